The summed E-state index contributed by atoms with van der Waals surface area (Å²) in [6.07, 6.45) is 0.679. The molecular formula is C18H18N2O. The van der Waals surface area contributed by atoms with E-state index < -0.39 is 0 Å². The van der Waals surface area contributed by atoms with Crippen LogP contribution in [0.2, 0.25) is 0 Å². The van der Waals surface area contributed by atoms with Crippen LogP contribution in [0.15, 0.2) is 48.5 Å². The maximum Gasteiger partial charge on any atom is 0.160 e. The van der Waals surface area contributed by atoms with Gasteiger partial charge in [-0.3, -0.25) is 4.79 Å². The number of aryl methyl sites for hydroxylation is 1. The zero-order valence-electron chi connectivity index (χ0n) is 12.3. The summed E-state index contributed by atoms with van der Waals surface area (Å²) in [5.41, 5.74) is 3.98. The first kappa shape index (κ1) is 13.6. The highest BCUT2D eigenvalue weighted by molar-refractivity contribution is 5.95. The summed E-state index contributed by atoms with van der Waals surface area (Å²) in [4.78, 5) is 16.5. The summed E-state index contributed by atoms with van der Waals surface area (Å²) in [5.74, 6) is 1.11. The van der Waals surface area contributed by atoms with E-state index in [1.54, 1.807) is 6.92 Å². The van der Waals surface area contributed by atoms with Crippen LogP contribution < -0.4 is 0 Å². The molecule has 3 heteroatoms. The molecule has 0 aliphatic rings. The fourth-order valence-corrected chi connectivity index (χ4v) is 2.80. The number of benzene rings is 2. The third-order valence-corrected chi connectivity index (χ3v) is 3.80. The fourth-order valence-electron chi connectivity index (χ4n) is 2.80. The number of carbonyl (C=O) groups is 1. The molecule has 2 aromatic carbocycles. The van der Waals surface area contributed by atoms with Crippen LogP contribution in [0.1, 0.15) is 35.6 Å². The number of para-hydroxylation sites is 2. The van der Waals surface area contributed by atoms with E-state index >= 15 is 0 Å². The van der Waals surface area contributed by atoms with Gasteiger partial charge in [-0.1, -0.05) is 36.4 Å². The third kappa shape index (κ3) is 2.47. The number of fused-ring (bicyclic) bond motifs is 1. The first-order chi connectivity index (χ1) is 10.2. The van der Waals surface area contributed by atoms with E-state index in [0.717, 1.165) is 34.5 Å². The molecule has 0 aliphatic heterocycles. The molecule has 0 spiro atoms. The van der Waals surface area contributed by atoms with Crippen LogP contribution >= 0.6 is 0 Å². The predicted octanol–water partition coefficient (Wildman–Crippen LogP) is 3.85. The SMILES string of the molecule is CCn1c(Cc2ccccc2C(C)=O)nc2ccccc21. The van der Waals surface area contributed by atoms with Crippen molar-refractivity contribution in [1.29, 1.82) is 0 Å². The van der Waals surface area contributed by atoms with Gasteiger partial charge in [-0.2, -0.15) is 0 Å². The zero-order chi connectivity index (χ0) is 14.8. The lowest BCUT2D eigenvalue weighted by Crippen LogP contribution is -2.06. The molecule has 0 saturated heterocycles. The Hall–Kier alpha value is -2.42. The number of aromatic nitrogens is 2. The van der Waals surface area contributed by atoms with Gasteiger partial charge in [-0.05, 0) is 31.5 Å². The van der Waals surface area contributed by atoms with Gasteiger partial charge >= 0.3 is 0 Å². The monoisotopic (exact) mass is 278 g/mol. The van der Waals surface area contributed by atoms with Gasteiger partial charge in [-0.15, -0.1) is 0 Å². The van der Waals surface area contributed by atoms with E-state index in [2.05, 4.69) is 17.6 Å². The molecule has 0 fully saturated rings. The van der Waals surface area contributed by atoms with Crippen molar-refractivity contribution in [2.24, 2.45) is 0 Å². The number of carbonyl (C=O) groups excluding carboxylic acids is 1. The van der Waals surface area contributed by atoms with Crippen molar-refractivity contribution in [3.63, 3.8) is 0 Å². The molecule has 3 nitrogen and oxygen atoms in total. The number of hydrogen-bond acceptors (Lipinski definition) is 2. The van der Waals surface area contributed by atoms with Gasteiger partial charge in [0.1, 0.15) is 5.82 Å². The third-order valence-electron chi connectivity index (χ3n) is 3.80. The first-order valence-corrected chi connectivity index (χ1v) is 7.23. The molecule has 3 rings (SSSR count). The van der Waals surface area contributed by atoms with Crippen molar-refractivity contribution in [2.75, 3.05) is 0 Å². The average molecular weight is 278 g/mol. The first-order valence-electron chi connectivity index (χ1n) is 7.23. The van der Waals surface area contributed by atoms with E-state index in [1.165, 1.54) is 0 Å². The van der Waals surface area contributed by atoms with Gasteiger partial charge < -0.3 is 4.57 Å². The summed E-state index contributed by atoms with van der Waals surface area (Å²) < 4.78 is 2.21. The summed E-state index contributed by atoms with van der Waals surface area (Å²) in [5, 5.41) is 0. The van der Waals surface area contributed by atoms with Crippen LogP contribution in [-0.4, -0.2) is 15.3 Å². The number of hydrogen-bond donors (Lipinski definition) is 0. The van der Waals surface area contributed by atoms with E-state index in [9.17, 15) is 4.79 Å². The number of rotatable bonds is 4. The van der Waals surface area contributed by atoms with Crippen LogP contribution in [-0.2, 0) is 13.0 Å². The van der Waals surface area contributed by atoms with E-state index in [0.29, 0.717) is 6.42 Å². The molecule has 0 amide bonds. The minimum Gasteiger partial charge on any atom is -0.328 e. The molecule has 3 aromatic rings. The molecule has 1 heterocycles. The van der Waals surface area contributed by atoms with Gasteiger partial charge in [-0.25, -0.2) is 4.98 Å². The average Bonchev–Trinajstić information content (AvgIpc) is 2.84. The van der Waals surface area contributed by atoms with Crippen LogP contribution in [0, 0.1) is 0 Å². The molecule has 0 radical (unpaired) electrons. The highest BCUT2D eigenvalue weighted by atomic mass is 16.1. The second-order valence-corrected chi connectivity index (χ2v) is 5.15. The molecule has 1 aromatic heterocycles. The molecule has 21 heavy (non-hydrogen) atoms. The van der Waals surface area contributed by atoms with Crippen molar-refractivity contribution in [1.82, 2.24) is 9.55 Å². The summed E-state index contributed by atoms with van der Waals surface area (Å²) in [6.45, 7) is 4.61. The van der Waals surface area contributed by atoms with Gasteiger partial charge in [0.2, 0.25) is 0 Å². The Bertz CT molecular complexity index is 802. The van der Waals surface area contributed by atoms with E-state index in [1.807, 2.05) is 42.5 Å². The Morgan fingerprint density at radius 1 is 1.10 bits per heavy atom. The van der Waals surface area contributed by atoms with Crippen LogP contribution in [0.4, 0.5) is 0 Å². The standard InChI is InChI=1S/C18H18N2O/c1-3-20-17-11-7-6-10-16(17)19-18(20)12-14-8-4-5-9-15(14)13(2)21/h4-11H,3,12H2,1-2H3. The minimum atomic E-state index is 0.102. The highest BCUT2D eigenvalue weighted by Gasteiger charge is 2.13. The Kier molecular flexibility index (Phi) is 3.57. The minimum absolute atomic E-state index is 0.102. The van der Waals surface area contributed by atoms with E-state index in [-0.39, 0.29) is 5.78 Å². The van der Waals surface area contributed by atoms with Gasteiger partial charge in [0.25, 0.3) is 0 Å². The molecule has 106 valence electrons. The van der Waals surface area contributed by atoms with Crippen molar-refractivity contribution in [2.45, 2.75) is 26.8 Å². The smallest absolute Gasteiger partial charge is 0.160 e. The molecule has 0 atom stereocenters. The Labute approximate surface area is 124 Å². The summed E-state index contributed by atoms with van der Waals surface area (Å²) >= 11 is 0. The Balaban J connectivity index is 2.08. The number of Topliss-reactive ketones (excluding diaryl/α,β-unsaturated/α-hetero) is 1. The second-order valence-electron chi connectivity index (χ2n) is 5.15. The fraction of sp³-hybridized carbons (Fsp3) is 0.222. The lowest BCUT2D eigenvalue weighted by molar-refractivity contribution is 0.101. The maximum atomic E-state index is 11.8. The number of nitrogens with zero attached hydrogens (tertiary/aromatic N) is 2. The van der Waals surface area contributed by atoms with Crippen molar-refractivity contribution >= 4 is 16.8 Å². The second kappa shape index (κ2) is 5.52. The topological polar surface area (TPSA) is 34.9 Å². The molecule has 0 unspecified atom stereocenters. The largest absolute Gasteiger partial charge is 0.328 e. The molecule has 0 N–H and O–H groups in total. The number of imidazole rings is 1. The van der Waals surface area contributed by atoms with Crippen LogP contribution in [0.3, 0.4) is 0 Å². The highest BCUT2D eigenvalue weighted by Crippen LogP contribution is 2.20. The normalized spacial score (nSPS) is 11.0. The summed E-state index contributed by atoms with van der Waals surface area (Å²) in [7, 11) is 0. The van der Waals surface area contributed by atoms with E-state index in [4.69, 9.17) is 4.98 Å². The quantitative estimate of drug-likeness (QED) is 0.679. The maximum absolute atomic E-state index is 11.8. The van der Waals surface area contributed by atoms with Crippen molar-refractivity contribution in [3.05, 3.63) is 65.5 Å². The zero-order valence-corrected chi connectivity index (χ0v) is 12.3. The Morgan fingerprint density at radius 3 is 2.57 bits per heavy atom. The van der Waals surface area contributed by atoms with Crippen molar-refractivity contribution in [3.8, 4) is 0 Å². The number of ketones is 1. The lowest BCUT2D eigenvalue weighted by atomic mass is 10.0. The molecule has 0 aliphatic carbocycles. The lowest BCUT2D eigenvalue weighted by Gasteiger charge is -2.09. The Morgan fingerprint density at radius 2 is 1.81 bits per heavy atom. The summed E-state index contributed by atoms with van der Waals surface area (Å²) in [6, 6.07) is 15.9. The predicted molar refractivity (Wildman–Crippen MR) is 84.7 cm³/mol. The van der Waals surface area contributed by atoms with Gasteiger partial charge in [0.15, 0.2) is 5.78 Å². The molecule has 0 saturated carbocycles. The van der Waals surface area contributed by atoms with Gasteiger partial charge in [0.05, 0.1) is 11.0 Å². The van der Waals surface area contributed by atoms with Crippen LogP contribution in [0.5, 0.6) is 0 Å². The van der Waals surface area contributed by atoms with Crippen molar-refractivity contribution < 1.29 is 4.79 Å². The van der Waals surface area contributed by atoms with Gasteiger partial charge in [0, 0.05) is 18.5 Å². The molecule has 0 bridgehead atoms. The van der Waals surface area contributed by atoms with Crippen LogP contribution in [0.25, 0.3) is 11.0 Å². The molecular weight excluding hydrogens is 260 g/mol.